The Morgan fingerprint density at radius 1 is 1.54 bits per heavy atom. The molecule has 2 rings (SSSR count). The minimum atomic E-state index is -2.37. The average molecular weight is 201 g/mol. The third-order valence-corrected chi connectivity index (χ3v) is 2.42. The van der Waals surface area contributed by atoms with E-state index in [0.717, 1.165) is 0 Å². The lowest BCUT2D eigenvalue weighted by Gasteiger charge is -2.03. The maximum atomic E-state index is 12.7. The van der Waals surface area contributed by atoms with Gasteiger partial charge in [-0.15, -0.1) is 0 Å². The molecule has 0 saturated carbocycles. The van der Waals surface area contributed by atoms with E-state index < -0.39 is 11.1 Å². The topological polar surface area (TPSA) is 53.3 Å². The molecule has 1 heterocycles. The van der Waals surface area contributed by atoms with Crippen LogP contribution in [-0.2, 0) is 17.5 Å². The van der Waals surface area contributed by atoms with Gasteiger partial charge in [-0.2, -0.15) is 0 Å². The maximum Gasteiger partial charge on any atom is 0.177 e. The molecule has 0 radical (unpaired) electrons. The summed E-state index contributed by atoms with van der Waals surface area (Å²) in [7, 11) is 0. The Morgan fingerprint density at radius 3 is 3.00 bits per heavy atom. The maximum absolute atomic E-state index is 12.7. The first kappa shape index (κ1) is 8.65. The summed E-state index contributed by atoms with van der Waals surface area (Å²) in [5.41, 5.74) is 0.531. The van der Waals surface area contributed by atoms with E-state index in [-0.39, 0.29) is 17.3 Å². The van der Waals surface area contributed by atoms with Crippen molar-refractivity contribution in [1.29, 1.82) is 0 Å². The number of hydrogen-bond acceptors (Lipinski definition) is 3. The van der Waals surface area contributed by atoms with Gasteiger partial charge < -0.3 is 8.97 Å². The van der Waals surface area contributed by atoms with E-state index in [4.69, 9.17) is 4.42 Å². The van der Waals surface area contributed by atoms with E-state index in [1.165, 1.54) is 12.1 Å². The number of hydrogen-bond donors (Lipinski definition) is 0. The zero-order chi connectivity index (χ0) is 9.42. The van der Waals surface area contributed by atoms with Gasteiger partial charge in [0.05, 0.1) is 0 Å². The van der Waals surface area contributed by atoms with E-state index in [0.29, 0.717) is 17.7 Å². The highest BCUT2D eigenvalue weighted by Crippen LogP contribution is 2.28. The average Bonchev–Trinajstić information content (AvgIpc) is 2.46. The van der Waals surface area contributed by atoms with Crippen LogP contribution in [-0.4, -0.2) is 8.76 Å². The molecule has 0 fully saturated rings. The molecule has 1 aromatic rings. The van der Waals surface area contributed by atoms with Crippen LogP contribution in [0.4, 0.5) is 4.39 Å². The fourth-order valence-electron chi connectivity index (χ4n) is 1.29. The quantitative estimate of drug-likeness (QED) is 0.650. The van der Waals surface area contributed by atoms with E-state index in [1.807, 2.05) is 0 Å². The SMILES string of the molecule is O=S([O-])c1cc2c(o1)CCC(F)=C2. The van der Waals surface area contributed by atoms with Crippen LogP contribution in [0.15, 0.2) is 21.4 Å². The Balaban J connectivity index is 2.46. The highest BCUT2D eigenvalue weighted by molar-refractivity contribution is 7.79. The fourth-order valence-corrected chi connectivity index (χ4v) is 1.68. The minimum absolute atomic E-state index is 0.129. The molecule has 1 unspecified atom stereocenters. The number of allylic oxidation sites excluding steroid dienone is 1. The summed E-state index contributed by atoms with van der Waals surface area (Å²) in [6.45, 7) is 0. The first-order chi connectivity index (χ1) is 6.16. The number of rotatable bonds is 1. The summed E-state index contributed by atoms with van der Waals surface area (Å²) < 4.78 is 38.7. The Morgan fingerprint density at radius 2 is 2.31 bits per heavy atom. The van der Waals surface area contributed by atoms with Crippen LogP contribution in [0.5, 0.6) is 0 Å². The zero-order valence-corrected chi connectivity index (χ0v) is 7.40. The smallest absolute Gasteiger partial charge is 0.177 e. The van der Waals surface area contributed by atoms with Crippen molar-refractivity contribution in [2.24, 2.45) is 0 Å². The molecular formula is C8H6FO3S-. The van der Waals surface area contributed by atoms with E-state index in [9.17, 15) is 13.2 Å². The van der Waals surface area contributed by atoms with Gasteiger partial charge in [0.2, 0.25) is 0 Å². The molecule has 0 spiro atoms. The van der Waals surface area contributed by atoms with Crippen molar-refractivity contribution < 1.29 is 17.6 Å². The Kier molecular flexibility index (Phi) is 2.05. The molecule has 1 aliphatic carbocycles. The molecule has 1 aliphatic rings. The van der Waals surface area contributed by atoms with Crippen LogP contribution in [0, 0.1) is 0 Å². The lowest BCUT2D eigenvalue weighted by molar-refractivity contribution is 0.399. The first-order valence-electron chi connectivity index (χ1n) is 3.75. The first-order valence-corrected chi connectivity index (χ1v) is 4.82. The second-order valence-electron chi connectivity index (χ2n) is 2.77. The van der Waals surface area contributed by atoms with Gasteiger partial charge in [0.25, 0.3) is 0 Å². The lowest BCUT2D eigenvalue weighted by atomic mass is 10.1. The number of fused-ring (bicyclic) bond motifs is 1. The third kappa shape index (κ3) is 1.57. The van der Waals surface area contributed by atoms with Gasteiger partial charge in [-0.3, -0.25) is 4.21 Å². The molecule has 5 heteroatoms. The van der Waals surface area contributed by atoms with E-state index >= 15 is 0 Å². The molecule has 3 nitrogen and oxygen atoms in total. The van der Waals surface area contributed by atoms with Gasteiger partial charge in [-0.1, -0.05) is 0 Å². The van der Waals surface area contributed by atoms with E-state index in [1.54, 1.807) is 0 Å². The van der Waals surface area contributed by atoms with Gasteiger partial charge in [0.1, 0.15) is 11.6 Å². The lowest BCUT2D eigenvalue weighted by Crippen LogP contribution is -1.91. The van der Waals surface area contributed by atoms with Crippen LogP contribution >= 0.6 is 0 Å². The largest absolute Gasteiger partial charge is 0.766 e. The van der Waals surface area contributed by atoms with Crippen molar-refractivity contribution in [2.75, 3.05) is 0 Å². The van der Waals surface area contributed by atoms with E-state index in [2.05, 4.69) is 0 Å². The molecule has 1 atom stereocenters. The number of aryl methyl sites for hydroxylation is 1. The molecule has 0 aliphatic heterocycles. The van der Waals surface area contributed by atoms with Gasteiger partial charge >= 0.3 is 0 Å². The van der Waals surface area contributed by atoms with Crippen LogP contribution in [0.2, 0.25) is 0 Å². The summed E-state index contributed by atoms with van der Waals surface area (Å²) in [6.07, 6.45) is 2.01. The molecular weight excluding hydrogens is 195 g/mol. The third-order valence-electron chi connectivity index (χ3n) is 1.89. The van der Waals surface area contributed by atoms with Crippen LogP contribution in [0.25, 0.3) is 6.08 Å². The zero-order valence-electron chi connectivity index (χ0n) is 6.58. The van der Waals surface area contributed by atoms with Crippen LogP contribution < -0.4 is 0 Å². The second-order valence-corrected chi connectivity index (χ2v) is 3.64. The highest BCUT2D eigenvalue weighted by Gasteiger charge is 2.15. The molecule has 0 bridgehead atoms. The summed E-state index contributed by atoms with van der Waals surface area (Å²) in [6, 6.07) is 1.33. The molecule has 0 amide bonds. The monoisotopic (exact) mass is 201 g/mol. The van der Waals surface area contributed by atoms with Gasteiger partial charge in [0.15, 0.2) is 5.09 Å². The molecule has 70 valence electrons. The van der Waals surface area contributed by atoms with Crippen LogP contribution in [0.1, 0.15) is 17.7 Å². The Labute approximate surface area is 76.5 Å². The minimum Gasteiger partial charge on any atom is -0.766 e. The highest BCUT2D eigenvalue weighted by atomic mass is 32.2. The molecule has 0 N–H and O–H groups in total. The second kappa shape index (κ2) is 3.08. The predicted molar refractivity (Wildman–Crippen MR) is 43.3 cm³/mol. The summed E-state index contributed by atoms with van der Waals surface area (Å²) in [5.74, 6) is 0.303. The molecule has 1 aromatic heterocycles. The van der Waals surface area contributed by atoms with Crippen molar-refractivity contribution >= 4 is 17.2 Å². The van der Waals surface area contributed by atoms with Crippen molar-refractivity contribution in [2.45, 2.75) is 17.9 Å². The molecule has 0 saturated heterocycles. The summed E-state index contributed by atoms with van der Waals surface area (Å²) >= 11 is -2.37. The Bertz CT molecular complexity index is 394. The molecule has 0 aromatic carbocycles. The van der Waals surface area contributed by atoms with Crippen molar-refractivity contribution in [1.82, 2.24) is 0 Å². The van der Waals surface area contributed by atoms with Crippen LogP contribution in [0.3, 0.4) is 0 Å². The fraction of sp³-hybridized carbons (Fsp3) is 0.250. The van der Waals surface area contributed by atoms with Crippen molar-refractivity contribution in [3.05, 3.63) is 23.2 Å². The van der Waals surface area contributed by atoms with Crippen molar-refractivity contribution in [3.8, 4) is 0 Å². The Hall–Kier alpha value is -0.940. The van der Waals surface area contributed by atoms with Crippen molar-refractivity contribution in [3.63, 3.8) is 0 Å². The number of furan rings is 1. The normalized spacial score (nSPS) is 17.8. The number of halogens is 1. The van der Waals surface area contributed by atoms with Gasteiger partial charge in [-0.05, 0) is 12.1 Å². The summed E-state index contributed by atoms with van der Waals surface area (Å²) in [5, 5.41) is -0.129. The van der Waals surface area contributed by atoms with Gasteiger partial charge in [0, 0.05) is 29.5 Å². The predicted octanol–water partition coefficient (Wildman–Crippen LogP) is 1.77. The summed E-state index contributed by atoms with van der Waals surface area (Å²) in [4.78, 5) is 0. The van der Waals surface area contributed by atoms with Gasteiger partial charge in [-0.25, -0.2) is 4.39 Å². The standard InChI is InChI=1S/C8H7FO3S/c9-6-1-2-7-5(3-6)4-8(12-7)13(10)11/h3-4H,1-2H2,(H,10,11)/p-1. The molecule has 13 heavy (non-hydrogen) atoms.